The van der Waals surface area contributed by atoms with E-state index in [0.717, 1.165) is 67.2 Å². The molecule has 1 aromatic heterocycles. The summed E-state index contributed by atoms with van der Waals surface area (Å²) in [6, 6.07) is 8.08. The highest BCUT2D eigenvalue weighted by Gasteiger charge is 2.30. The van der Waals surface area contributed by atoms with Crippen molar-refractivity contribution < 1.29 is 18.3 Å². The van der Waals surface area contributed by atoms with Gasteiger partial charge in [0.15, 0.2) is 11.6 Å². The molecule has 3 aromatic rings. The summed E-state index contributed by atoms with van der Waals surface area (Å²) in [5.41, 5.74) is 3.97. The van der Waals surface area contributed by atoms with E-state index < -0.39 is 5.82 Å². The Morgan fingerprint density at radius 1 is 1.19 bits per heavy atom. The number of rotatable bonds is 10. The van der Waals surface area contributed by atoms with Gasteiger partial charge in [0.25, 0.3) is 5.91 Å². The standard InChI is InChI=1S/C29H33F2N3O2/c1-2-3-13-32-29(35)23-10-11-26(31)28-25(23)16-22(18-36-28)34(21-7-4-8-21)14-5-6-19-17-33-27-12-9-20(30)15-24(19)27/h9-12,15-17,21,33H,2-8,13-14,18H2,1H3,(H,32,35). The monoisotopic (exact) mass is 493 g/mol. The average Bonchev–Trinajstić information content (AvgIpc) is 3.24. The zero-order valence-corrected chi connectivity index (χ0v) is 20.7. The number of unbranched alkanes of at least 4 members (excludes halogenated alkanes) is 1. The number of carbonyl (C=O) groups excluding carboxylic acids is 1. The number of nitrogens with one attached hydrogen (secondary N) is 2. The molecule has 0 bridgehead atoms. The van der Waals surface area contributed by atoms with Crippen molar-refractivity contribution in [2.24, 2.45) is 0 Å². The minimum atomic E-state index is -0.452. The minimum absolute atomic E-state index is 0.149. The third-order valence-electron chi connectivity index (χ3n) is 7.34. The van der Waals surface area contributed by atoms with E-state index in [1.807, 2.05) is 12.3 Å². The maximum absolute atomic E-state index is 14.6. The summed E-state index contributed by atoms with van der Waals surface area (Å²) in [7, 11) is 0. The fourth-order valence-corrected chi connectivity index (χ4v) is 5.11. The quantitative estimate of drug-likeness (QED) is 0.331. The van der Waals surface area contributed by atoms with Crippen molar-refractivity contribution in [3.05, 3.63) is 70.6 Å². The van der Waals surface area contributed by atoms with Crippen LogP contribution in [0.3, 0.4) is 0 Å². The van der Waals surface area contributed by atoms with Crippen LogP contribution in [0.4, 0.5) is 8.78 Å². The smallest absolute Gasteiger partial charge is 0.252 e. The second kappa shape index (κ2) is 10.7. The van der Waals surface area contributed by atoms with E-state index in [0.29, 0.717) is 23.7 Å². The van der Waals surface area contributed by atoms with Crippen molar-refractivity contribution in [1.29, 1.82) is 0 Å². The molecule has 1 aliphatic heterocycles. The van der Waals surface area contributed by atoms with Crippen LogP contribution in [0.2, 0.25) is 0 Å². The Morgan fingerprint density at radius 3 is 2.83 bits per heavy atom. The molecule has 0 radical (unpaired) electrons. The van der Waals surface area contributed by atoms with Crippen LogP contribution in [0.25, 0.3) is 17.0 Å². The van der Waals surface area contributed by atoms with Gasteiger partial charge in [-0.3, -0.25) is 4.79 Å². The number of ether oxygens (including phenoxy) is 1. The van der Waals surface area contributed by atoms with Crippen molar-refractivity contribution in [2.75, 3.05) is 19.7 Å². The molecule has 2 aromatic carbocycles. The predicted octanol–water partition coefficient (Wildman–Crippen LogP) is 6.20. The van der Waals surface area contributed by atoms with Crippen molar-refractivity contribution in [3.8, 4) is 5.75 Å². The van der Waals surface area contributed by atoms with E-state index in [9.17, 15) is 13.6 Å². The highest BCUT2D eigenvalue weighted by molar-refractivity contribution is 5.99. The molecular formula is C29H33F2N3O2. The Morgan fingerprint density at radius 2 is 2.06 bits per heavy atom. The number of hydrogen-bond donors (Lipinski definition) is 2. The number of carbonyl (C=O) groups is 1. The van der Waals surface area contributed by atoms with Gasteiger partial charge in [0.1, 0.15) is 12.4 Å². The van der Waals surface area contributed by atoms with Gasteiger partial charge in [0, 0.05) is 41.8 Å². The number of hydrogen-bond acceptors (Lipinski definition) is 3. The topological polar surface area (TPSA) is 57.4 Å². The molecule has 1 fully saturated rings. The van der Waals surface area contributed by atoms with Crippen LogP contribution in [0.5, 0.6) is 5.75 Å². The van der Waals surface area contributed by atoms with Gasteiger partial charge >= 0.3 is 0 Å². The van der Waals surface area contributed by atoms with E-state index in [1.165, 1.54) is 18.6 Å². The Balaban J connectivity index is 1.35. The van der Waals surface area contributed by atoms with Crippen molar-refractivity contribution in [2.45, 2.75) is 57.9 Å². The lowest BCUT2D eigenvalue weighted by molar-refractivity contribution is 0.0952. The molecule has 1 saturated carbocycles. The second-order valence-electron chi connectivity index (χ2n) is 9.76. The van der Waals surface area contributed by atoms with E-state index in [1.54, 1.807) is 18.2 Å². The maximum atomic E-state index is 14.6. The lowest BCUT2D eigenvalue weighted by atomic mass is 9.90. The highest BCUT2D eigenvalue weighted by atomic mass is 19.1. The van der Waals surface area contributed by atoms with Crippen LogP contribution < -0.4 is 10.1 Å². The zero-order chi connectivity index (χ0) is 25.1. The summed E-state index contributed by atoms with van der Waals surface area (Å²) < 4.78 is 34.2. The second-order valence-corrected chi connectivity index (χ2v) is 9.76. The van der Waals surface area contributed by atoms with Gasteiger partial charge < -0.3 is 19.9 Å². The third-order valence-corrected chi connectivity index (χ3v) is 7.34. The molecule has 2 heterocycles. The molecule has 0 atom stereocenters. The largest absolute Gasteiger partial charge is 0.484 e. The lowest BCUT2D eigenvalue weighted by Gasteiger charge is -2.41. The molecule has 2 aliphatic rings. The number of benzene rings is 2. The summed E-state index contributed by atoms with van der Waals surface area (Å²) in [6.45, 7) is 3.75. The van der Waals surface area contributed by atoms with Gasteiger partial charge in [-0.25, -0.2) is 8.78 Å². The van der Waals surface area contributed by atoms with Crippen LogP contribution >= 0.6 is 0 Å². The Labute approximate surface area is 210 Å². The first-order valence-electron chi connectivity index (χ1n) is 13.0. The molecule has 5 rings (SSSR count). The third kappa shape index (κ3) is 4.97. The van der Waals surface area contributed by atoms with Gasteiger partial charge in [-0.05, 0) is 80.5 Å². The molecular weight excluding hydrogens is 460 g/mol. The van der Waals surface area contributed by atoms with Gasteiger partial charge in [-0.2, -0.15) is 0 Å². The minimum Gasteiger partial charge on any atom is -0.484 e. The van der Waals surface area contributed by atoms with E-state index in [4.69, 9.17) is 4.74 Å². The first-order valence-corrected chi connectivity index (χ1v) is 13.0. The zero-order valence-electron chi connectivity index (χ0n) is 20.7. The fraction of sp³-hybridized carbons (Fsp3) is 0.414. The molecule has 190 valence electrons. The molecule has 0 saturated heterocycles. The van der Waals surface area contributed by atoms with E-state index in [2.05, 4.69) is 22.1 Å². The normalized spacial score (nSPS) is 15.1. The van der Waals surface area contributed by atoms with Gasteiger partial charge in [-0.15, -0.1) is 0 Å². The summed E-state index contributed by atoms with van der Waals surface area (Å²) in [5, 5.41) is 3.86. The van der Waals surface area contributed by atoms with Crippen LogP contribution in [0, 0.1) is 11.6 Å². The van der Waals surface area contributed by atoms with Crippen molar-refractivity contribution in [1.82, 2.24) is 15.2 Å². The number of fused-ring (bicyclic) bond motifs is 2. The number of aromatic nitrogens is 1. The summed E-state index contributed by atoms with van der Waals surface area (Å²) in [4.78, 5) is 18.4. The van der Waals surface area contributed by atoms with Crippen molar-refractivity contribution >= 4 is 22.9 Å². The molecule has 1 amide bonds. The Hall–Kier alpha value is -3.35. The molecule has 0 unspecified atom stereocenters. The Kier molecular flexibility index (Phi) is 7.25. The number of aromatic amines is 1. The number of nitrogens with zero attached hydrogens (tertiary/aromatic N) is 1. The highest BCUT2D eigenvalue weighted by Crippen LogP contribution is 2.36. The summed E-state index contributed by atoms with van der Waals surface area (Å²) in [6.07, 6.45) is 10.9. The molecule has 0 spiro atoms. The number of aryl methyl sites for hydroxylation is 1. The maximum Gasteiger partial charge on any atom is 0.252 e. The Bertz CT molecular complexity index is 1280. The summed E-state index contributed by atoms with van der Waals surface area (Å²) >= 11 is 0. The van der Waals surface area contributed by atoms with Crippen LogP contribution in [0.15, 0.2) is 42.2 Å². The predicted molar refractivity (Wildman–Crippen MR) is 138 cm³/mol. The van der Waals surface area contributed by atoms with Gasteiger partial charge in [0.2, 0.25) is 0 Å². The fourth-order valence-electron chi connectivity index (χ4n) is 5.11. The molecule has 2 N–H and O–H groups in total. The lowest BCUT2D eigenvalue weighted by Crippen LogP contribution is -2.42. The number of H-pyrrole nitrogens is 1. The van der Waals surface area contributed by atoms with Crippen LogP contribution in [0.1, 0.15) is 66.9 Å². The number of amides is 1. The van der Waals surface area contributed by atoms with E-state index >= 15 is 0 Å². The average molecular weight is 494 g/mol. The van der Waals surface area contributed by atoms with Crippen LogP contribution in [-0.4, -0.2) is 41.5 Å². The van der Waals surface area contributed by atoms with Crippen LogP contribution in [-0.2, 0) is 6.42 Å². The molecule has 5 nitrogen and oxygen atoms in total. The van der Waals surface area contributed by atoms with Crippen molar-refractivity contribution in [3.63, 3.8) is 0 Å². The van der Waals surface area contributed by atoms with Gasteiger partial charge in [0.05, 0.1) is 11.3 Å². The molecule has 1 aliphatic carbocycles. The van der Waals surface area contributed by atoms with E-state index in [-0.39, 0.29) is 24.1 Å². The first kappa shape index (κ1) is 24.3. The summed E-state index contributed by atoms with van der Waals surface area (Å²) in [5.74, 6) is -0.740. The van der Waals surface area contributed by atoms with Gasteiger partial charge in [-0.1, -0.05) is 13.3 Å². The number of halogens is 2. The SMILES string of the molecule is CCCCNC(=O)c1ccc(F)c2c1C=C(N(CCCc1c[nH]c3ccc(F)cc13)C1CCC1)CO2. The molecule has 7 heteroatoms. The first-order chi connectivity index (χ1) is 17.5. The molecule has 36 heavy (non-hydrogen) atoms.